The van der Waals surface area contributed by atoms with Gasteiger partial charge in [-0.1, -0.05) is 6.07 Å². The van der Waals surface area contributed by atoms with Crippen LogP contribution in [0.15, 0.2) is 47.7 Å². The highest BCUT2D eigenvalue weighted by Gasteiger charge is 1.95. The average Bonchev–Trinajstić information content (AvgIpc) is 2.33. The van der Waals surface area contributed by atoms with E-state index in [2.05, 4.69) is 10.3 Å². The Labute approximate surface area is 93.6 Å². The molecule has 2 heterocycles. The summed E-state index contributed by atoms with van der Waals surface area (Å²) in [6.07, 6.45) is 5.37. The molecule has 0 aliphatic rings. The number of aromatic nitrogens is 2. The van der Waals surface area contributed by atoms with Crippen LogP contribution in [0.3, 0.4) is 0 Å². The summed E-state index contributed by atoms with van der Waals surface area (Å²) in [5.74, 6) is 0.851. The molecule has 0 aliphatic carbocycles. The van der Waals surface area contributed by atoms with Crippen LogP contribution in [-0.4, -0.2) is 16.6 Å². The molecule has 0 unspecified atom stereocenters. The normalized spacial score (nSPS) is 10.1. The van der Waals surface area contributed by atoms with Gasteiger partial charge in [-0.05, 0) is 11.6 Å². The second-order valence-electron chi connectivity index (χ2n) is 3.51. The van der Waals surface area contributed by atoms with Gasteiger partial charge in [0.1, 0.15) is 5.82 Å². The molecule has 0 saturated carbocycles. The van der Waals surface area contributed by atoms with Gasteiger partial charge in [-0.2, -0.15) is 0 Å². The lowest BCUT2D eigenvalue weighted by Crippen LogP contribution is -2.05. The van der Waals surface area contributed by atoms with E-state index in [1.165, 1.54) is 0 Å². The summed E-state index contributed by atoms with van der Waals surface area (Å²) >= 11 is 0. The van der Waals surface area contributed by atoms with Gasteiger partial charge in [-0.15, -0.1) is 0 Å². The minimum Gasteiger partial charge on any atom is -0.373 e. The predicted octanol–water partition coefficient (Wildman–Crippen LogP) is 1.33. The van der Waals surface area contributed by atoms with Gasteiger partial charge in [-0.3, -0.25) is 4.79 Å². The van der Waals surface area contributed by atoms with Crippen LogP contribution in [0.2, 0.25) is 0 Å². The van der Waals surface area contributed by atoms with E-state index in [9.17, 15) is 4.79 Å². The lowest BCUT2D eigenvalue weighted by Gasteiger charge is -2.06. The monoisotopic (exact) mass is 215 g/mol. The summed E-state index contributed by atoms with van der Waals surface area (Å²) < 4.78 is 1.94. The minimum atomic E-state index is 0.0277. The molecule has 0 aliphatic heterocycles. The third-order valence-electron chi connectivity index (χ3n) is 2.31. The Balaban J connectivity index is 2.14. The molecule has 4 nitrogen and oxygen atoms in total. The van der Waals surface area contributed by atoms with Crippen molar-refractivity contribution in [2.45, 2.75) is 6.54 Å². The number of rotatable bonds is 3. The van der Waals surface area contributed by atoms with E-state index < -0.39 is 0 Å². The SMILES string of the molecule is CNc1ccc(Cn2ccc(=O)cc2)cn1. The molecule has 1 N–H and O–H groups in total. The van der Waals surface area contributed by atoms with Gasteiger partial charge >= 0.3 is 0 Å². The Kier molecular flexibility index (Phi) is 3.00. The fraction of sp³-hybridized carbons (Fsp3) is 0.167. The lowest BCUT2D eigenvalue weighted by molar-refractivity contribution is 0.785. The smallest absolute Gasteiger partial charge is 0.181 e. The first-order valence-corrected chi connectivity index (χ1v) is 5.07. The summed E-state index contributed by atoms with van der Waals surface area (Å²) in [6, 6.07) is 7.04. The Morgan fingerprint density at radius 3 is 2.56 bits per heavy atom. The molecule has 0 amide bonds. The van der Waals surface area contributed by atoms with Crippen LogP contribution in [0.1, 0.15) is 5.56 Å². The molecular formula is C12H13N3O. The van der Waals surface area contributed by atoms with Crippen molar-refractivity contribution in [2.24, 2.45) is 0 Å². The van der Waals surface area contributed by atoms with Crippen molar-refractivity contribution in [1.29, 1.82) is 0 Å². The van der Waals surface area contributed by atoms with Crippen LogP contribution in [-0.2, 0) is 6.54 Å². The highest BCUT2D eigenvalue weighted by Crippen LogP contribution is 2.05. The fourth-order valence-corrected chi connectivity index (χ4v) is 1.43. The third-order valence-corrected chi connectivity index (χ3v) is 2.31. The van der Waals surface area contributed by atoms with Gasteiger partial charge < -0.3 is 9.88 Å². The number of hydrogen-bond donors (Lipinski definition) is 1. The van der Waals surface area contributed by atoms with Crippen molar-refractivity contribution in [2.75, 3.05) is 12.4 Å². The first-order chi connectivity index (χ1) is 7.78. The Morgan fingerprint density at radius 2 is 2.00 bits per heavy atom. The number of anilines is 1. The Bertz CT molecular complexity index is 496. The molecule has 2 aromatic heterocycles. The first kappa shape index (κ1) is 10.4. The van der Waals surface area contributed by atoms with Crippen molar-refractivity contribution in [1.82, 2.24) is 9.55 Å². The van der Waals surface area contributed by atoms with Gasteiger partial charge in [0, 0.05) is 44.3 Å². The number of hydrogen-bond acceptors (Lipinski definition) is 3. The molecule has 0 aromatic carbocycles. The van der Waals surface area contributed by atoms with Crippen molar-refractivity contribution >= 4 is 5.82 Å². The molecule has 0 radical (unpaired) electrons. The number of nitrogens with zero attached hydrogens (tertiary/aromatic N) is 2. The van der Waals surface area contributed by atoms with Crippen molar-refractivity contribution in [3.8, 4) is 0 Å². The second-order valence-corrected chi connectivity index (χ2v) is 3.51. The third kappa shape index (κ3) is 2.48. The molecule has 82 valence electrons. The largest absolute Gasteiger partial charge is 0.373 e. The van der Waals surface area contributed by atoms with Crippen LogP contribution in [0.5, 0.6) is 0 Å². The van der Waals surface area contributed by atoms with E-state index in [-0.39, 0.29) is 5.43 Å². The van der Waals surface area contributed by atoms with Crippen molar-refractivity contribution in [3.63, 3.8) is 0 Å². The molecule has 0 saturated heterocycles. The van der Waals surface area contributed by atoms with Gasteiger partial charge in [-0.25, -0.2) is 4.98 Å². The van der Waals surface area contributed by atoms with Crippen LogP contribution < -0.4 is 10.7 Å². The van der Waals surface area contributed by atoms with E-state index in [4.69, 9.17) is 0 Å². The predicted molar refractivity (Wildman–Crippen MR) is 63.6 cm³/mol. The first-order valence-electron chi connectivity index (χ1n) is 5.07. The van der Waals surface area contributed by atoms with Gasteiger partial charge in [0.15, 0.2) is 5.43 Å². The maximum Gasteiger partial charge on any atom is 0.181 e. The Hall–Kier alpha value is -2.10. The lowest BCUT2D eigenvalue weighted by atomic mass is 10.2. The standard InChI is InChI=1S/C12H13N3O/c1-13-12-3-2-10(8-14-12)9-15-6-4-11(16)5-7-15/h2-8H,9H2,1H3,(H,13,14). The molecule has 16 heavy (non-hydrogen) atoms. The van der Waals surface area contributed by atoms with Crippen LogP contribution >= 0.6 is 0 Å². The van der Waals surface area contributed by atoms with E-state index in [1.807, 2.05) is 29.9 Å². The molecule has 4 heteroatoms. The van der Waals surface area contributed by atoms with E-state index in [1.54, 1.807) is 24.5 Å². The zero-order chi connectivity index (χ0) is 11.4. The summed E-state index contributed by atoms with van der Waals surface area (Å²) in [4.78, 5) is 15.1. The number of pyridine rings is 2. The van der Waals surface area contributed by atoms with E-state index >= 15 is 0 Å². The average molecular weight is 215 g/mol. The van der Waals surface area contributed by atoms with Gasteiger partial charge in [0.25, 0.3) is 0 Å². The summed E-state index contributed by atoms with van der Waals surface area (Å²) in [5, 5.41) is 2.97. The molecule has 2 aromatic rings. The number of nitrogens with one attached hydrogen (secondary N) is 1. The van der Waals surface area contributed by atoms with Crippen molar-refractivity contribution in [3.05, 3.63) is 58.6 Å². The molecule has 0 bridgehead atoms. The second kappa shape index (κ2) is 4.61. The quantitative estimate of drug-likeness (QED) is 0.840. The molecule has 0 atom stereocenters. The summed E-state index contributed by atoms with van der Waals surface area (Å²) in [6.45, 7) is 0.720. The maximum atomic E-state index is 10.9. The van der Waals surface area contributed by atoms with E-state index in [0.717, 1.165) is 17.9 Å². The van der Waals surface area contributed by atoms with Crippen molar-refractivity contribution < 1.29 is 0 Å². The van der Waals surface area contributed by atoms with E-state index in [0.29, 0.717) is 0 Å². The van der Waals surface area contributed by atoms with Gasteiger partial charge in [0.2, 0.25) is 0 Å². The van der Waals surface area contributed by atoms with Crippen LogP contribution in [0.4, 0.5) is 5.82 Å². The molecular weight excluding hydrogens is 202 g/mol. The fourth-order valence-electron chi connectivity index (χ4n) is 1.43. The molecule has 0 fully saturated rings. The summed E-state index contributed by atoms with van der Waals surface area (Å²) in [5.41, 5.74) is 1.13. The highest BCUT2D eigenvalue weighted by molar-refractivity contribution is 5.34. The minimum absolute atomic E-state index is 0.0277. The topological polar surface area (TPSA) is 46.9 Å². The van der Waals surface area contributed by atoms with Crippen LogP contribution in [0.25, 0.3) is 0 Å². The summed E-state index contributed by atoms with van der Waals surface area (Å²) in [7, 11) is 1.84. The molecule has 2 rings (SSSR count). The highest BCUT2D eigenvalue weighted by atomic mass is 16.1. The zero-order valence-corrected chi connectivity index (χ0v) is 9.05. The molecule has 0 spiro atoms. The maximum absolute atomic E-state index is 10.9. The zero-order valence-electron chi connectivity index (χ0n) is 9.05. The van der Waals surface area contributed by atoms with Gasteiger partial charge in [0.05, 0.1) is 0 Å². The Morgan fingerprint density at radius 1 is 1.25 bits per heavy atom. The van der Waals surface area contributed by atoms with Crippen LogP contribution in [0, 0.1) is 0 Å².